The molecule has 2 unspecified atom stereocenters. The molecule has 2 aromatic rings. The van der Waals surface area contributed by atoms with Crippen LogP contribution in [0.5, 0.6) is 0 Å². The van der Waals surface area contributed by atoms with Gasteiger partial charge in [-0.15, -0.1) is 0 Å². The lowest BCUT2D eigenvalue weighted by Gasteiger charge is -2.24. The van der Waals surface area contributed by atoms with Crippen molar-refractivity contribution >= 4 is 35.3 Å². The van der Waals surface area contributed by atoms with Crippen molar-refractivity contribution in [1.29, 1.82) is 0 Å². The van der Waals surface area contributed by atoms with E-state index in [4.69, 9.17) is 11.5 Å². The van der Waals surface area contributed by atoms with Gasteiger partial charge in [0.05, 0.1) is 19.4 Å². The maximum atomic E-state index is 11.7. The minimum absolute atomic E-state index is 0.0885. The van der Waals surface area contributed by atoms with E-state index < -0.39 is 0 Å². The van der Waals surface area contributed by atoms with Gasteiger partial charge in [-0.1, -0.05) is 0 Å². The van der Waals surface area contributed by atoms with E-state index in [0.29, 0.717) is 17.2 Å². The van der Waals surface area contributed by atoms with Gasteiger partial charge in [-0.2, -0.15) is 4.98 Å². The molecule has 156 valence electrons. The lowest BCUT2D eigenvalue weighted by Crippen LogP contribution is -2.56. The van der Waals surface area contributed by atoms with Crippen LogP contribution in [0.15, 0.2) is 16.1 Å². The Hall–Kier alpha value is -3.44. The van der Waals surface area contributed by atoms with E-state index in [-0.39, 0.29) is 41.6 Å². The number of likely N-dealkylation sites (N-methyl/N-ethyl adjacent to an activating group) is 1. The molecule has 4 heterocycles. The van der Waals surface area contributed by atoms with E-state index in [1.54, 1.807) is 10.9 Å². The maximum Gasteiger partial charge on any atom is 0.280 e. The molecule has 12 nitrogen and oxygen atoms in total. The monoisotopic (exact) mass is 403 g/mol. The van der Waals surface area contributed by atoms with E-state index in [2.05, 4.69) is 39.1 Å². The predicted molar refractivity (Wildman–Crippen MR) is 110 cm³/mol. The molecule has 12 heteroatoms. The van der Waals surface area contributed by atoms with Crippen LogP contribution in [0.25, 0.3) is 11.2 Å². The zero-order valence-electron chi connectivity index (χ0n) is 17.1. The summed E-state index contributed by atoms with van der Waals surface area (Å²) in [5.41, 5.74) is 11.5. The van der Waals surface area contributed by atoms with E-state index in [1.165, 1.54) is 0 Å². The Morgan fingerprint density at radius 1 is 1.17 bits per heavy atom. The normalized spacial score (nSPS) is 20.9. The number of nitrogens with one attached hydrogen (secondary N) is 2. The van der Waals surface area contributed by atoms with Crippen LogP contribution in [0.4, 0.5) is 5.95 Å². The summed E-state index contributed by atoms with van der Waals surface area (Å²) in [6.45, 7) is 8.09. The summed E-state index contributed by atoms with van der Waals surface area (Å²) in [6.07, 6.45) is 3.32. The molecule has 0 aliphatic carbocycles. The third-order valence-corrected chi connectivity index (χ3v) is 4.74. The van der Waals surface area contributed by atoms with Crippen LogP contribution >= 0.6 is 0 Å². The molecule has 1 amide bonds. The lowest BCUT2D eigenvalue weighted by molar-refractivity contribution is -0.513. The standard InChI is InChI=1S/C9H15N5O.C8H11N5O/c1-5(2)14-4-13(3)6-7(14)11-9(10)12-8(6)15;1-4(2)13-3-10-5-6(13)11-8(9)12-7(5)14/h4-7H,1-3H3,(H2-,10,11,12,15);3-4H,1-2H3,(H3,9,11,12,14)/p+1. The van der Waals surface area contributed by atoms with Crippen molar-refractivity contribution in [2.24, 2.45) is 10.7 Å². The Morgan fingerprint density at radius 2 is 1.86 bits per heavy atom. The number of hydrogen-bond donors (Lipinski definition) is 4. The number of carbonyl (C=O) groups is 1. The molecule has 2 aliphatic rings. The average molecular weight is 403 g/mol. The number of nitrogens with zero attached hydrogens (tertiary/aromatic N) is 6. The van der Waals surface area contributed by atoms with Gasteiger partial charge in [0.1, 0.15) is 0 Å². The Balaban J connectivity index is 0.000000166. The van der Waals surface area contributed by atoms with Crippen molar-refractivity contribution < 1.29 is 9.37 Å². The van der Waals surface area contributed by atoms with Crippen LogP contribution in [0.1, 0.15) is 33.7 Å². The number of anilines is 1. The zero-order valence-corrected chi connectivity index (χ0v) is 17.1. The summed E-state index contributed by atoms with van der Waals surface area (Å²) in [5, 5.41) is 2.54. The first kappa shape index (κ1) is 20.3. The molecule has 4 rings (SSSR count). The maximum absolute atomic E-state index is 11.7. The van der Waals surface area contributed by atoms with E-state index >= 15 is 0 Å². The molecule has 29 heavy (non-hydrogen) atoms. The van der Waals surface area contributed by atoms with Gasteiger partial charge in [0.15, 0.2) is 17.1 Å². The molecule has 2 aliphatic heterocycles. The number of nitrogen functional groups attached to an aromatic ring is 1. The Labute approximate surface area is 167 Å². The first-order valence-corrected chi connectivity index (χ1v) is 9.31. The number of aromatic nitrogens is 4. The number of imidazole rings is 1. The SMILES string of the molecule is CC(C)N1C=[N+](C)C2C(=O)NC(N)=NC21.CC(C)n1cnc2c(=O)[nH]c(N)nc21. The number of rotatable bonds is 2. The number of aliphatic imine (C=N–C) groups is 1. The van der Waals surface area contributed by atoms with Crippen LogP contribution in [0.2, 0.25) is 0 Å². The summed E-state index contributed by atoms with van der Waals surface area (Å²) in [7, 11) is 1.87. The summed E-state index contributed by atoms with van der Waals surface area (Å²) >= 11 is 0. The second-order valence-corrected chi connectivity index (χ2v) is 7.55. The molecule has 0 saturated heterocycles. The van der Waals surface area contributed by atoms with Crippen LogP contribution in [0.3, 0.4) is 0 Å². The number of guanidine groups is 1. The van der Waals surface area contributed by atoms with E-state index in [0.717, 1.165) is 0 Å². The Kier molecular flexibility index (Phi) is 5.27. The van der Waals surface area contributed by atoms with E-state index in [9.17, 15) is 9.59 Å². The molecule has 6 N–H and O–H groups in total. The van der Waals surface area contributed by atoms with Crippen LogP contribution in [0, 0.1) is 0 Å². The summed E-state index contributed by atoms with van der Waals surface area (Å²) < 4.78 is 3.68. The van der Waals surface area contributed by atoms with E-state index in [1.807, 2.05) is 36.7 Å². The fourth-order valence-corrected chi connectivity index (χ4v) is 3.32. The van der Waals surface area contributed by atoms with Crippen LogP contribution in [-0.2, 0) is 4.79 Å². The number of carbonyl (C=O) groups excluding carboxylic acids is 1. The second kappa shape index (κ2) is 7.53. The Morgan fingerprint density at radius 3 is 2.48 bits per heavy atom. The first-order chi connectivity index (χ1) is 13.6. The van der Waals surface area contributed by atoms with Gasteiger partial charge in [-0.25, -0.2) is 14.9 Å². The molecule has 0 radical (unpaired) electrons. The lowest BCUT2D eigenvalue weighted by atomic mass is 10.1. The molecule has 0 aromatic carbocycles. The molecule has 0 bridgehead atoms. The molecular weight excluding hydrogens is 376 g/mol. The van der Waals surface area contributed by atoms with Crippen molar-refractivity contribution in [1.82, 2.24) is 29.7 Å². The molecule has 0 saturated carbocycles. The van der Waals surface area contributed by atoms with Crippen LogP contribution < -0.4 is 22.3 Å². The zero-order chi connectivity index (χ0) is 21.5. The third-order valence-electron chi connectivity index (χ3n) is 4.74. The van der Waals surface area contributed by atoms with Gasteiger partial charge in [-0.3, -0.25) is 24.5 Å². The number of hydrogen-bond acceptors (Lipinski definition) is 8. The smallest absolute Gasteiger partial charge is 0.280 e. The molecule has 2 aromatic heterocycles. The van der Waals surface area contributed by atoms with Gasteiger partial charge < -0.3 is 16.0 Å². The van der Waals surface area contributed by atoms with Crippen molar-refractivity contribution in [3.05, 3.63) is 16.7 Å². The highest BCUT2D eigenvalue weighted by Crippen LogP contribution is 2.19. The molecule has 2 atom stereocenters. The van der Waals surface area contributed by atoms with Gasteiger partial charge in [0.2, 0.25) is 24.5 Å². The predicted octanol–water partition coefficient (Wildman–Crippen LogP) is -1.20. The summed E-state index contributed by atoms with van der Waals surface area (Å²) in [5.74, 6) is 0.231. The quantitative estimate of drug-likeness (QED) is 0.458. The topological polar surface area (TPSA) is 163 Å². The van der Waals surface area contributed by atoms with Gasteiger partial charge in [0, 0.05) is 6.04 Å². The van der Waals surface area contributed by atoms with Crippen molar-refractivity contribution in [3.8, 4) is 0 Å². The van der Waals surface area contributed by atoms with Crippen molar-refractivity contribution in [3.63, 3.8) is 0 Å². The van der Waals surface area contributed by atoms with Crippen LogP contribution in [-0.4, -0.2) is 72.5 Å². The number of nitrogens with two attached hydrogens (primary N) is 2. The molecule has 0 fully saturated rings. The first-order valence-electron chi connectivity index (χ1n) is 9.31. The summed E-state index contributed by atoms with van der Waals surface area (Å²) in [6, 6.07) is 0.235. The number of amides is 1. The second-order valence-electron chi connectivity index (χ2n) is 7.55. The third kappa shape index (κ3) is 3.77. The average Bonchev–Trinajstić information content (AvgIpc) is 3.17. The number of aromatic amines is 1. The highest BCUT2D eigenvalue weighted by molar-refractivity contribution is 6.01. The minimum atomic E-state index is -0.299. The highest BCUT2D eigenvalue weighted by Gasteiger charge is 2.48. The Bertz CT molecular complexity index is 1050. The highest BCUT2D eigenvalue weighted by atomic mass is 16.2. The molecule has 0 spiro atoms. The van der Waals surface area contributed by atoms with Crippen molar-refractivity contribution in [2.75, 3.05) is 12.8 Å². The largest absolute Gasteiger partial charge is 0.369 e. The molecular formula is C17H27N10O2+. The van der Waals surface area contributed by atoms with Gasteiger partial charge >= 0.3 is 0 Å². The van der Waals surface area contributed by atoms with Gasteiger partial charge in [-0.05, 0) is 27.7 Å². The number of fused-ring (bicyclic) bond motifs is 2. The minimum Gasteiger partial charge on any atom is -0.369 e. The fourth-order valence-electron chi connectivity index (χ4n) is 3.32. The fraction of sp³-hybridized carbons (Fsp3) is 0.529. The van der Waals surface area contributed by atoms with Crippen molar-refractivity contribution in [2.45, 2.75) is 52.0 Å². The number of H-pyrrole nitrogens is 1. The van der Waals surface area contributed by atoms with Gasteiger partial charge in [0.25, 0.3) is 11.5 Å². The summed E-state index contributed by atoms with van der Waals surface area (Å²) in [4.78, 5) is 39.8.